The molecule has 3 rings (SSSR count). The van der Waals surface area contributed by atoms with Crippen LogP contribution in [0, 0.1) is 13.8 Å². The van der Waals surface area contributed by atoms with Gasteiger partial charge in [0.1, 0.15) is 4.60 Å². The lowest BCUT2D eigenvalue weighted by molar-refractivity contribution is 0.0507. The first-order valence-electron chi connectivity index (χ1n) is 10.2. The Morgan fingerprint density at radius 1 is 0.914 bits per heavy atom. The lowest BCUT2D eigenvalue weighted by atomic mass is 10.1. The molecule has 0 spiro atoms. The number of nitrogens with zero attached hydrogens (tertiary/aromatic N) is 2. The average molecular weight is 588 g/mol. The molecule has 2 N–H and O–H groups in total. The Balaban J connectivity index is 0.000000269. The SMILES string of the molecule is CCOC(=O)c1nc(-c2cccc(Cl)c2Cl)c(C)[nH]c1=O.CCOC(=O)c1nc(Br)c(C)[nH]c1=O. The number of ether oxygens (including phenoxy) is 2. The molecule has 186 valence electrons. The van der Waals surface area contributed by atoms with Gasteiger partial charge in [-0.05, 0) is 49.7 Å². The monoisotopic (exact) mass is 586 g/mol. The summed E-state index contributed by atoms with van der Waals surface area (Å²) < 4.78 is 9.91. The Bertz CT molecular complexity index is 1370. The van der Waals surface area contributed by atoms with Crippen molar-refractivity contribution in [2.45, 2.75) is 27.7 Å². The summed E-state index contributed by atoms with van der Waals surface area (Å²) in [5.41, 5.74) is 0.281. The molecule has 0 amide bonds. The minimum Gasteiger partial charge on any atom is -0.461 e. The summed E-state index contributed by atoms with van der Waals surface area (Å²) in [6.07, 6.45) is 0. The van der Waals surface area contributed by atoms with Crippen LogP contribution in [-0.2, 0) is 9.47 Å². The van der Waals surface area contributed by atoms with Crippen LogP contribution in [0.1, 0.15) is 46.2 Å². The standard InChI is InChI=1S/C14H12Cl2N2O3.C8H9BrN2O3/c1-3-21-14(20)12-13(19)17-7(2)11(18-12)8-5-4-6-9(15)10(8)16;1-3-14-8(13)5-7(12)10-4(2)6(9)11-5/h4-6H,3H2,1-2H3,(H,17,19);3H2,1-2H3,(H,10,12). The molecule has 3 aromatic rings. The van der Waals surface area contributed by atoms with Crippen LogP contribution in [0.3, 0.4) is 0 Å². The number of carbonyl (C=O) groups is 2. The predicted octanol–water partition coefficient (Wildman–Crippen LogP) is 4.25. The molecule has 0 saturated carbocycles. The summed E-state index contributed by atoms with van der Waals surface area (Å²) in [6.45, 7) is 7.01. The van der Waals surface area contributed by atoms with Crippen LogP contribution in [0.5, 0.6) is 0 Å². The van der Waals surface area contributed by atoms with Gasteiger partial charge in [-0.1, -0.05) is 35.3 Å². The maximum atomic E-state index is 11.8. The number of hydrogen-bond donors (Lipinski definition) is 2. The van der Waals surface area contributed by atoms with E-state index in [4.69, 9.17) is 27.9 Å². The summed E-state index contributed by atoms with van der Waals surface area (Å²) in [6, 6.07) is 5.05. The van der Waals surface area contributed by atoms with Gasteiger partial charge in [-0.15, -0.1) is 0 Å². The zero-order valence-corrected chi connectivity index (χ0v) is 22.2. The second-order valence-electron chi connectivity index (χ2n) is 6.76. The van der Waals surface area contributed by atoms with Crippen molar-refractivity contribution in [3.63, 3.8) is 0 Å². The zero-order valence-electron chi connectivity index (χ0n) is 19.1. The number of aryl methyl sites for hydroxylation is 2. The van der Waals surface area contributed by atoms with Gasteiger partial charge in [-0.2, -0.15) is 0 Å². The van der Waals surface area contributed by atoms with Crippen LogP contribution in [-0.4, -0.2) is 45.1 Å². The predicted molar refractivity (Wildman–Crippen MR) is 134 cm³/mol. The second-order valence-corrected chi connectivity index (χ2v) is 8.30. The van der Waals surface area contributed by atoms with Crippen LogP contribution in [0.2, 0.25) is 10.0 Å². The summed E-state index contributed by atoms with van der Waals surface area (Å²) in [4.78, 5) is 59.0. The second kappa shape index (κ2) is 12.6. The van der Waals surface area contributed by atoms with Gasteiger partial charge in [0.2, 0.25) is 11.4 Å². The number of carbonyl (C=O) groups excluding carboxylic acids is 2. The van der Waals surface area contributed by atoms with Crippen molar-refractivity contribution < 1.29 is 19.1 Å². The van der Waals surface area contributed by atoms with Gasteiger partial charge in [0.25, 0.3) is 11.1 Å². The molecule has 10 nitrogen and oxygen atoms in total. The van der Waals surface area contributed by atoms with E-state index in [1.165, 1.54) is 0 Å². The molecule has 0 radical (unpaired) electrons. The fourth-order valence-corrected chi connectivity index (χ4v) is 3.34. The van der Waals surface area contributed by atoms with E-state index in [1.54, 1.807) is 45.9 Å². The minimum absolute atomic E-state index is 0.154. The molecule has 0 unspecified atom stereocenters. The highest BCUT2D eigenvalue weighted by Crippen LogP contribution is 2.33. The Morgan fingerprint density at radius 2 is 1.43 bits per heavy atom. The van der Waals surface area contributed by atoms with E-state index >= 15 is 0 Å². The van der Waals surface area contributed by atoms with E-state index in [0.717, 1.165) is 0 Å². The Morgan fingerprint density at radius 3 is 1.97 bits per heavy atom. The van der Waals surface area contributed by atoms with Crippen molar-refractivity contribution in [2.75, 3.05) is 13.2 Å². The molecule has 0 aliphatic carbocycles. The van der Waals surface area contributed by atoms with E-state index in [0.29, 0.717) is 37.3 Å². The van der Waals surface area contributed by atoms with Gasteiger partial charge in [0.05, 0.1) is 29.0 Å². The Labute approximate surface area is 218 Å². The topological polar surface area (TPSA) is 144 Å². The van der Waals surface area contributed by atoms with Gasteiger partial charge in [-0.3, -0.25) is 9.59 Å². The van der Waals surface area contributed by atoms with Crippen molar-refractivity contribution in [3.8, 4) is 11.3 Å². The van der Waals surface area contributed by atoms with Gasteiger partial charge in [0, 0.05) is 17.0 Å². The maximum absolute atomic E-state index is 11.8. The molecule has 0 fully saturated rings. The molecular formula is C22H21BrCl2N4O6. The molecule has 2 heterocycles. The van der Waals surface area contributed by atoms with Crippen LogP contribution in [0.25, 0.3) is 11.3 Å². The van der Waals surface area contributed by atoms with E-state index < -0.39 is 23.1 Å². The van der Waals surface area contributed by atoms with Crippen LogP contribution < -0.4 is 11.1 Å². The third-order valence-corrected chi connectivity index (χ3v) is 5.87. The van der Waals surface area contributed by atoms with Crippen LogP contribution in [0.4, 0.5) is 0 Å². The molecule has 2 aromatic heterocycles. The van der Waals surface area contributed by atoms with E-state index in [-0.39, 0.29) is 24.6 Å². The summed E-state index contributed by atoms with van der Waals surface area (Å²) in [5, 5.41) is 0.663. The first kappa shape index (κ1) is 28.2. The van der Waals surface area contributed by atoms with Gasteiger partial charge in [0.15, 0.2) is 0 Å². The summed E-state index contributed by atoms with van der Waals surface area (Å²) in [5.74, 6) is -1.49. The number of esters is 2. The van der Waals surface area contributed by atoms with E-state index in [9.17, 15) is 19.2 Å². The third kappa shape index (κ3) is 7.00. The normalized spacial score (nSPS) is 10.3. The molecule has 1 aromatic carbocycles. The number of H-pyrrole nitrogens is 2. The number of aromatic nitrogens is 4. The number of hydrogen-bond acceptors (Lipinski definition) is 8. The molecular weight excluding hydrogens is 567 g/mol. The highest BCUT2D eigenvalue weighted by molar-refractivity contribution is 9.10. The minimum atomic E-state index is -0.779. The van der Waals surface area contributed by atoms with E-state index in [2.05, 4.69) is 40.6 Å². The van der Waals surface area contributed by atoms with Gasteiger partial charge < -0.3 is 19.4 Å². The fourth-order valence-electron chi connectivity index (χ4n) is 2.67. The lowest BCUT2D eigenvalue weighted by Crippen LogP contribution is -2.23. The van der Waals surface area contributed by atoms with Crippen LogP contribution >= 0.6 is 39.1 Å². The lowest BCUT2D eigenvalue weighted by Gasteiger charge is -2.09. The first-order chi connectivity index (χ1) is 16.5. The Kier molecular flexibility index (Phi) is 10.2. The van der Waals surface area contributed by atoms with Crippen molar-refractivity contribution in [2.24, 2.45) is 0 Å². The largest absolute Gasteiger partial charge is 0.461 e. The number of nitrogens with one attached hydrogen (secondary N) is 2. The highest BCUT2D eigenvalue weighted by atomic mass is 79.9. The number of halogens is 3. The summed E-state index contributed by atoms with van der Waals surface area (Å²) >= 11 is 15.2. The average Bonchev–Trinajstić information content (AvgIpc) is 2.79. The van der Waals surface area contributed by atoms with Gasteiger partial charge in [-0.25, -0.2) is 19.6 Å². The first-order valence-corrected chi connectivity index (χ1v) is 11.7. The fraction of sp³-hybridized carbons (Fsp3) is 0.273. The molecule has 0 bridgehead atoms. The van der Waals surface area contributed by atoms with Crippen molar-refractivity contribution >= 4 is 51.1 Å². The smallest absolute Gasteiger partial charge is 0.362 e. The molecule has 0 aliphatic heterocycles. The quantitative estimate of drug-likeness (QED) is 0.422. The molecule has 0 aliphatic rings. The van der Waals surface area contributed by atoms with Crippen molar-refractivity contribution in [3.05, 3.63) is 76.3 Å². The maximum Gasteiger partial charge on any atom is 0.362 e. The van der Waals surface area contributed by atoms with Crippen molar-refractivity contribution in [1.29, 1.82) is 0 Å². The van der Waals surface area contributed by atoms with E-state index in [1.807, 2.05) is 0 Å². The highest BCUT2D eigenvalue weighted by Gasteiger charge is 2.19. The molecule has 0 saturated heterocycles. The number of benzene rings is 1. The molecule has 35 heavy (non-hydrogen) atoms. The number of rotatable bonds is 5. The van der Waals surface area contributed by atoms with Crippen LogP contribution in [0.15, 0.2) is 32.4 Å². The summed E-state index contributed by atoms with van der Waals surface area (Å²) in [7, 11) is 0. The molecule has 13 heteroatoms. The van der Waals surface area contributed by atoms with Crippen molar-refractivity contribution in [1.82, 2.24) is 19.9 Å². The van der Waals surface area contributed by atoms with Gasteiger partial charge >= 0.3 is 11.9 Å². The zero-order chi connectivity index (χ0) is 26.3. The third-order valence-electron chi connectivity index (χ3n) is 4.27. The molecule has 0 atom stereocenters. The Hall–Kier alpha value is -3.02. The number of aromatic amines is 2.